The van der Waals surface area contributed by atoms with Crippen molar-refractivity contribution < 1.29 is 24.2 Å². The third-order valence-corrected chi connectivity index (χ3v) is 7.77. The van der Waals surface area contributed by atoms with Crippen molar-refractivity contribution >= 4 is 11.9 Å². The van der Waals surface area contributed by atoms with Crippen molar-refractivity contribution in [2.24, 2.45) is 5.92 Å². The SMILES string of the molecule is CC(=O)OC1CC(OCc2ccc(-c3ccccc3)cc2)C(CCC=CCCC(=O)O)C1N1CCCCC1. The van der Waals surface area contributed by atoms with Crippen LogP contribution in [0.3, 0.4) is 0 Å². The molecule has 2 aliphatic rings. The second-order valence-corrected chi connectivity index (χ2v) is 10.5. The number of rotatable bonds is 12. The fraction of sp³-hybridized carbons (Fsp3) is 0.500. The Bertz CT molecular complexity index is 1050. The number of carboxylic acids is 1. The van der Waals surface area contributed by atoms with E-state index in [0.717, 1.165) is 31.5 Å². The number of carboxylic acid groups (broad SMARTS) is 1. The number of hydrogen-bond donors (Lipinski definition) is 1. The summed E-state index contributed by atoms with van der Waals surface area (Å²) in [5, 5.41) is 8.89. The Morgan fingerprint density at radius 1 is 0.921 bits per heavy atom. The molecule has 2 aromatic rings. The number of benzene rings is 2. The van der Waals surface area contributed by atoms with Crippen molar-refractivity contribution in [2.45, 2.75) is 83.1 Å². The van der Waals surface area contributed by atoms with Crippen LogP contribution >= 0.6 is 0 Å². The first-order chi connectivity index (χ1) is 18.5. The highest BCUT2D eigenvalue weighted by Gasteiger charge is 2.48. The van der Waals surface area contributed by atoms with Crippen molar-refractivity contribution in [3.05, 3.63) is 72.3 Å². The molecule has 2 aromatic carbocycles. The van der Waals surface area contributed by atoms with Crippen LogP contribution in [0.5, 0.6) is 0 Å². The van der Waals surface area contributed by atoms with Gasteiger partial charge < -0.3 is 14.6 Å². The Kier molecular flexibility index (Phi) is 10.5. The van der Waals surface area contributed by atoms with E-state index in [4.69, 9.17) is 14.6 Å². The van der Waals surface area contributed by atoms with Gasteiger partial charge in [-0.05, 0) is 61.9 Å². The Morgan fingerprint density at radius 2 is 1.61 bits per heavy atom. The number of ether oxygens (including phenoxy) is 2. The van der Waals surface area contributed by atoms with Crippen molar-refractivity contribution in [3.8, 4) is 11.1 Å². The molecule has 0 bridgehead atoms. The molecule has 0 amide bonds. The summed E-state index contributed by atoms with van der Waals surface area (Å²) in [6.45, 7) is 4.07. The third kappa shape index (κ3) is 8.02. The molecule has 1 heterocycles. The van der Waals surface area contributed by atoms with Crippen LogP contribution < -0.4 is 0 Å². The summed E-state index contributed by atoms with van der Waals surface area (Å²) in [5.74, 6) is -0.767. The van der Waals surface area contributed by atoms with Crippen LogP contribution in [0.15, 0.2) is 66.7 Å². The number of allylic oxidation sites excluding steroid dienone is 2. The van der Waals surface area contributed by atoms with Gasteiger partial charge in [-0.3, -0.25) is 14.5 Å². The molecule has 1 saturated carbocycles. The Labute approximate surface area is 226 Å². The zero-order valence-electron chi connectivity index (χ0n) is 22.5. The molecule has 1 saturated heterocycles. The lowest BCUT2D eigenvalue weighted by Crippen LogP contribution is -2.48. The minimum Gasteiger partial charge on any atom is -0.481 e. The molecule has 1 aliphatic carbocycles. The van der Waals surface area contributed by atoms with Crippen LogP contribution in [0.4, 0.5) is 0 Å². The summed E-state index contributed by atoms with van der Waals surface area (Å²) < 4.78 is 12.5. The van der Waals surface area contributed by atoms with E-state index in [1.807, 2.05) is 24.3 Å². The normalized spacial score (nSPS) is 24.0. The third-order valence-electron chi connectivity index (χ3n) is 7.77. The second-order valence-electron chi connectivity index (χ2n) is 10.5. The van der Waals surface area contributed by atoms with E-state index in [-0.39, 0.29) is 36.6 Å². The van der Waals surface area contributed by atoms with E-state index < -0.39 is 5.97 Å². The molecular formula is C32H41NO5. The van der Waals surface area contributed by atoms with Gasteiger partial charge >= 0.3 is 11.9 Å². The van der Waals surface area contributed by atoms with Gasteiger partial charge in [0.25, 0.3) is 0 Å². The van der Waals surface area contributed by atoms with Gasteiger partial charge in [-0.1, -0.05) is 73.2 Å². The number of hydrogen-bond acceptors (Lipinski definition) is 5. The molecule has 0 radical (unpaired) electrons. The first-order valence-corrected chi connectivity index (χ1v) is 14.1. The van der Waals surface area contributed by atoms with Crippen LogP contribution in [0.1, 0.15) is 63.9 Å². The lowest BCUT2D eigenvalue weighted by Gasteiger charge is -2.38. The lowest BCUT2D eigenvalue weighted by atomic mass is 9.92. The molecule has 4 atom stereocenters. The Balaban J connectivity index is 1.45. The van der Waals surface area contributed by atoms with E-state index in [9.17, 15) is 9.59 Å². The fourth-order valence-corrected chi connectivity index (χ4v) is 6.00. The number of piperidine rings is 1. The summed E-state index contributed by atoms with van der Waals surface area (Å²) >= 11 is 0. The van der Waals surface area contributed by atoms with E-state index in [2.05, 4.69) is 47.4 Å². The van der Waals surface area contributed by atoms with Crippen LogP contribution in [0.2, 0.25) is 0 Å². The maximum Gasteiger partial charge on any atom is 0.303 e. The molecule has 6 nitrogen and oxygen atoms in total. The summed E-state index contributed by atoms with van der Waals surface area (Å²) in [6, 6.07) is 19.0. The molecular weight excluding hydrogens is 478 g/mol. The summed E-state index contributed by atoms with van der Waals surface area (Å²) in [7, 11) is 0. The van der Waals surface area contributed by atoms with Gasteiger partial charge in [0.05, 0.1) is 18.8 Å². The highest BCUT2D eigenvalue weighted by atomic mass is 16.5. The highest BCUT2D eigenvalue weighted by Crippen LogP contribution is 2.39. The first-order valence-electron chi connectivity index (χ1n) is 14.1. The number of aliphatic carboxylic acids is 1. The molecule has 204 valence electrons. The van der Waals surface area contributed by atoms with Gasteiger partial charge in [-0.2, -0.15) is 0 Å². The second kappa shape index (κ2) is 14.3. The summed E-state index contributed by atoms with van der Waals surface area (Å²) in [5.41, 5.74) is 3.51. The largest absolute Gasteiger partial charge is 0.481 e. The van der Waals surface area contributed by atoms with Crippen LogP contribution in [-0.4, -0.2) is 53.3 Å². The average Bonchev–Trinajstić information content (AvgIpc) is 3.26. The zero-order valence-corrected chi connectivity index (χ0v) is 22.5. The predicted octanol–water partition coefficient (Wildman–Crippen LogP) is 6.25. The number of esters is 1. The molecule has 6 heteroatoms. The molecule has 4 unspecified atom stereocenters. The fourth-order valence-electron chi connectivity index (χ4n) is 6.00. The molecule has 4 rings (SSSR count). The van der Waals surface area contributed by atoms with E-state index in [1.54, 1.807) is 0 Å². The van der Waals surface area contributed by atoms with Crippen molar-refractivity contribution in [1.29, 1.82) is 0 Å². The van der Waals surface area contributed by atoms with E-state index in [0.29, 0.717) is 19.4 Å². The first kappa shape index (κ1) is 28.1. The topological polar surface area (TPSA) is 76.1 Å². The summed E-state index contributed by atoms with van der Waals surface area (Å²) in [4.78, 5) is 25.3. The van der Waals surface area contributed by atoms with Crippen molar-refractivity contribution in [2.75, 3.05) is 13.1 Å². The number of likely N-dealkylation sites (tertiary alicyclic amines) is 1. The minimum atomic E-state index is -0.773. The van der Waals surface area contributed by atoms with Gasteiger partial charge in [0.2, 0.25) is 0 Å². The van der Waals surface area contributed by atoms with E-state index >= 15 is 0 Å². The molecule has 0 spiro atoms. The van der Waals surface area contributed by atoms with E-state index in [1.165, 1.54) is 37.3 Å². The molecule has 2 fully saturated rings. The van der Waals surface area contributed by atoms with Crippen LogP contribution in [-0.2, 0) is 25.7 Å². The van der Waals surface area contributed by atoms with Gasteiger partial charge in [-0.15, -0.1) is 0 Å². The number of nitrogens with zero attached hydrogens (tertiary/aromatic N) is 1. The molecule has 1 aliphatic heterocycles. The highest BCUT2D eigenvalue weighted by molar-refractivity contribution is 5.67. The summed E-state index contributed by atoms with van der Waals surface area (Å²) in [6.07, 6.45) is 10.6. The van der Waals surface area contributed by atoms with Crippen molar-refractivity contribution in [3.63, 3.8) is 0 Å². The van der Waals surface area contributed by atoms with Gasteiger partial charge in [0.1, 0.15) is 6.10 Å². The average molecular weight is 520 g/mol. The zero-order chi connectivity index (χ0) is 26.7. The minimum absolute atomic E-state index is 0.00695. The maximum atomic E-state index is 12.0. The number of carbonyl (C=O) groups excluding carboxylic acids is 1. The molecule has 38 heavy (non-hydrogen) atoms. The molecule has 0 aromatic heterocycles. The van der Waals surface area contributed by atoms with Crippen molar-refractivity contribution in [1.82, 2.24) is 4.90 Å². The molecule has 1 N–H and O–H groups in total. The Morgan fingerprint density at radius 3 is 2.29 bits per heavy atom. The Hall–Kier alpha value is -2.96. The van der Waals surface area contributed by atoms with Gasteiger partial charge in [0, 0.05) is 25.7 Å². The lowest BCUT2D eigenvalue weighted by molar-refractivity contribution is -0.149. The van der Waals surface area contributed by atoms with Gasteiger partial charge in [0.15, 0.2) is 0 Å². The van der Waals surface area contributed by atoms with Gasteiger partial charge in [-0.25, -0.2) is 0 Å². The predicted molar refractivity (Wildman–Crippen MR) is 149 cm³/mol. The quantitative estimate of drug-likeness (QED) is 0.264. The van der Waals surface area contributed by atoms with Crippen LogP contribution in [0.25, 0.3) is 11.1 Å². The smallest absolute Gasteiger partial charge is 0.303 e. The maximum absolute atomic E-state index is 12.0. The number of carbonyl (C=O) groups is 2. The monoisotopic (exact) mass is 519 g/mol. The van der Waals surface area contributed by atoms with Crippen LogP contribution in [0, 0.1) is 5.92 Å². The standard InChI is InChI=1S/C32H41NO5/c1-24(34)38-30-22-29(37-23-25-16-18-27(19-17-25)26-12-6-4-7-13-26)28(14-8-2-3-9-15-31(35)36)32(30)33-20-10-5-11-21-33/h2-4,6-7,12-13,16-19,28-30,32H,5,8-11,14-15,20-23H2,1H3,(H,35,36).